The third-order valence-electron chi connectivity index (χ3n) is 1.58. The van der Waals surface area contributed by atoms with E-state index in [4.69, 9.17) is 19.9 Å². The molecule has 0 aromatic rings. The van der Waals surface area contributed by atoms with Gasteiger partial charge in [0.2, 0.25) is 0 Å². The summed E-state index contributed by atoms with van der Waals surface area (Å²) in [5, 5.41) is 0. The number of carbonyl (C=O) groups excluding carboxylic acids is 1. The zero-order valence-corrected chi connectivity index (χ0v) is 8.82. The van der Waals surface area contributed by atoms with Crippen molar-refractivity contribution < 1.29 is 19.0 Å². The van der Waals surface area contributed by atoms with Crippen LogP contribution in [0.25, 0.3) is 0 Å². The summed E-state index contributed by atoms with van der Waals surface area (Å²) in [5.74, 6) is -0.435. The van der Waals surface area contributed by atoms with E-state index in [0.29, 0.717) is 13.2 Å². The van der Waals surface area contributed by atoms with E-state index in [0.717, 1.165) is 6.42 Å². The minimum Gasteiger partial charge on any atom is -0.461 e. The fraction of sp³-hybridized carbons (Fsp3) is 0.889. The topological polar surface area (TPSA) is 70.8 Å². The lowest BCUT2D eigenvalue weighted by Crippen LogP contribution is -2.33. The van der Waals surface area contributed by atoms with Crippen LogP contribution in [-0.4, -0.2) is 45.5 Å². The first-order valence-electron chi connectivity index (χ1n) is 4.73. The highest BCUT2D eigenvalue weighted by molar-refractivity contribution is 5.74. The number of methoxy groups -OCH3 is 1. The van der Waals surface area contributed by atoms with E-state index in [2.05, 4.69) is 0 Å². The number of hydrogen-bond donors (Lipinski definition) is 1. The maximum Gasteiger partial charge on any atom is 0.336 e. The van der Waals surface area contributed by atoms with Crippen molar-refractivity contribution in [3.05, 3.63) is 0 Å². The molecule has 0 radical (unpaired) electrons. The van der Waals surface area contributed by atoms with Gasteiger partial charge in [-0.1, -0.05) is 6.92 Å². The Hall–Kier alpha value is -0.650. The van der Waals surface area contributed by atoms with Gasteiger partial charge in [0.15, 0.2) is 6.10 Å². The van der Waals surface area contributed by atoms with Crippen molar-refractivity contribution in [1.82, 2.24) is 0 Å². The third kappa shape index (κ3) is 5.90. The van der Waals surface area contributed by atoms with Crippen LogP contribution in [0.3, 0.4) is 0 Å². The minimum absolute atomic E-state index is 0.130. The van der Waals surface area contributed by atoms with Gasteiger partial charge in [0.05, 0.1) is 6.61 Å². The first-order valence-corrected chi connectivity index (χ1v) is 4.73. The molecule has 0 heterocycles. The highest BCUT2D eigenvalue weighted by Crippen LogP contribution is 1.92. The molecule has 0 bridgehead atoms. The molecule has 0 saturated heterocycles. The number of nitrogens with two attached hydrogens (primary N) is 1. The van der Waals surface area contributed by atoms with Gasteiger partial charge in [0.1, 0.15) is 6.61 Å². The van der Waals surface area contributed by atoms with Gasteiger partial charge < -0.3 is 19.9 Å². The summed E-state index contributed by atoms with van der Waals surface area (Å²) in [4.78, 5) is 11.2. The van der Waals surface area contributed by atoms with Crippen LogP contribution >= 0.6 is 0 Å². The first-order chi connectivity index (χ1) is 6.76. The van der Waals surface area contributed by atoms with Gasteiger partial charge >= 0.3 is 5.97 Å². The normalized spacial score (nSPS) is 12.5. The summed E-state index contributed by atoms with van der Waals surface area (Å²) in [7, 11) is 1.42. The number of ether oxygens (including phenoxy) is 3. The molecule has 0 aliphatic carbocycles. The summed E-state index contributed by atoms with van der Waals surface area (Å²) >= 11 is 0. The Balaban J connectivity index is 3.43. The second-order valence-electron chi connectivity index (χ2n) is 2.74. The molecule has 84 valence electrons. The molecule has 1 atom stereocenters. The second-order valence-corrected chi connectivity index (χ2v) is 2.74. The Bertz CT molecular complexity index is 148. The van der Waals surface area contributed by atoms with Crippen LogP contribution in [0.2, 0.25) is 0 Å². The molecular weight excluding hydrogens is 186 g/mol. The molecule has 0 amide bonds. The quantitative estimate of drug-likeness (QED) is 0.443. The van der Waals surface area contributed by atoms with Crippen molar-refractivity contribution in [3.63, 3.8) is 0 Å². The van der Waals surface area contributed by atoms with Crippen molar-refractivity contribution in [2.24, 2.45) is 5.73 Å². The molecule has 1 unspecified atom stereocenters. The van der Waals surface area contributed by atoms with E-state index in [1.807, 2.05) is 6.92 Å². The van der Waals surface area contributed by atoms with Crippen LogP contribution in [0.5, 0.6) is 0 Å². The van der Waals surface area contributed by atoms with Crippen LogP contribution in [0.15, 0.2) is 0 Å². The van der Waals surface area contributed by atoms with E-state index in [1.165, 1.54) is 7.11 Å². The molecule has 5 heteroatoms. The molecule has 5 nitrogen and oxygen atoms in total. The monoisotopic (exact) mass is 205 g/mol. The highest BCUT2D eigenvalue weighted by atomic mass is 16.6. The van der Waals surface area contributed by atoms with Crippen LogP contribution in [0.4, 0.5) is 0 Å². The Morgan fingerprint density at radius 2 is 2.07 bits per heavy atom. The highest BCUT2D eigenvalue weighted by Gasteiger charge is 2.16. The lowest BCUT2D eigenvalue weighted by molar-refractivity contribution is -0.156. The molecular formula is C9H19NO4. The molecule has 0 aromatic heterocycles. The molecule has 0 aliphatic heterocycles. The molecule has 0 saturated carbocycles. The van der Waals surface area contributed by atoms with E-state index in [9.17, 15) is 4.79 Å². The van der Waals surface area contributed by atoms with Crippen molar-refractivity contribution >= 4 is 5.97 Å². The largest absolute Gasteiger partial charge is 0.461 e. The summed E-state index contributed by atoms with van der Waals surface area (Å²) in [6.45, 7) is 3.49. The van der Waals surface area contributed by atoms with Crippen LogP contribution < -0.4 is 5.73 Å². The number of esters is 1. The fourth-order valence-corrected chi connectivity index (χ4v) is 0.829. The second kappa shape index (κ2) is 8.93. The third-order valence-corrected chi connectivity index (χ3v) is 1.58. The number of rotatable bonds is 8. The van der Waals surface area contributed by atoms with E-state index < -0.39 is 12.1 Å². The van der Waals surface area contributed by atoms with Gasteiger partial charge in [0.25, 0.3) is 0 Å². The Morgan fingerprint density at radius 1 is 1.36 bits per heavy atom. The van der Waals surface area contributed by atoms with E-state index in [-0.39, 0.29) is 13.2 Å². The SMILES string of the molecule is CCCOCCOC(=O)C(CN)OC. The van der Waals surface area contributed by atoms with Crippen LogP contribution in [0, 0.1) is 0 Å². The number of carbonyl (C=O) groups is 1. The van der Waals surface area contributed by atoms with Crippen LogP contribution in [0.1, 0.15) is 13.3 Å². The Labute approximate surface area is 84.5 Å². The van der Waals surface area contributed by atoms with Gasteiger partial charge in [-0.15, -0.1) is 0 Å². The summed E-state index contributed by atoms with van der Waals surface area (Å²) in [5.41, 5.74) is 5.28. The van der Waals surface area contributed by atoms with Crippen molar-refractivity contribution in [3.8, 4) is 0 Å². The number of hydrogen-bond acceptors (Lipinski definition) is 5. The zero-order chi connectivity index (χ0) is 10.8. The molecule has 0 fully saturated rings. The molecule has 2 N–H and O–H groups in total. The molecule has 0 aromatic carbocycles. The molecule has 0 spiro atoms. The van der Waals surface area contributed by atoms with Crippen LogP contribution in [-0.2, 0) is 19.0 Å². The minimum atomic E-state index is -0.666. The van der Waals surface area contributed by atoms with Gasteiger partial charge in [-0.2, -0.15) is 0 Å². The predicted molar refractivity (Wildman–Crippen MR) is 51.9 cm³/mol. The summed E-state index contributed by atoms with van der Waals surface area (Å²) < 4.78 is 14.8. The molecule has 0 aliphatic rings. The smallest absolute Gasteiger partial charge is 0.336 e. The Kier molecular flexibility index (Phi) is 8.51. The van der Waals surface area contributed by atoms with E-state index in [1.54, 1.807) is 0 Å². The van der Waals surface area contributed by atoms with Crippen molar-refractivity contribution in [2.45, 2.75) is 19.4 Å². The molecule has 14 heavy (non-hydrogen) atoms. The fourth-order valence-electron chi connectivity index (χ4n) is 0.829. The van der Waals surface area contributed by atoms with Crippen molar-refractivity contribution in [1.29, 1.82) is 0 Å². The zero-order valence-electron chi connectivity index (χ0n) is 8.82. The first kappa shape index (κ1) is 13.4. The lowest BCUT2D eigenvalue weighted by atomic mass is 10.4. The lowest BCUT2D eigenvalue weighted by Gasteiger charge is -2.11. The maximum absolute atomic E-state index is 11.2. The molecule has 0 rings (SSSR count). The average molecular weight is 205 g/mol. The van der Waals surface area contributed by atoms with Gasteiger partial charge in [0, 0.05) is 20.3 Å². The maximum atomic E-state index is 11.2. The van der Waals surface area contributed by atoms with Crippen molar-refractivity contribution in [2.75, 3.05) is 33.5 Å². The summed E-state index contributed by atoms with van der Waals surface area (Å²) in [6, 6.07) is 0. The average Bonchev–Trinajstić information content (AvgIpc) is 2.19. The van der Waals surface area contributed by atoms with Gasteiger partial charge in [-0.25, -0.2) is 4.79 Å². The van der Waals surface area contributed by atoms with Gasteiger partial charge in [-0.05, 0) is 6.42 Å². The predicted octanol–water partition coefficient (Wildman–Crippen LogP) is -0.0701. The standard InChI is InChI=1S/C9H19NO4/c1-3-4-13-5-6-14-9(11)8(7-10)12-2/h8H,3-7,10H2,1-2H3. The van der Waals surface area contributed by atoms with E-state index >= 15 is 0 Å². The summed E-state index contributed by atoms with van der Waals surface area (Å²) in [6.07, 6.45) is 0.290. The Morgan fingerprint density at radius 3 is 2.57 bits per heavy atom. The van der Waals surface area contributed by atoms with Gasteiger partial charge in [-0.3, -0.25) is 0 Å².